The quantitative estimate of drug-likeness (QED) is 0.500. The first-order valence-electron chi connectivity index (χ1n) is 9.45. The van der Waals surface area contributed by atoms with E-state index in [-0.39, 0.29) is 10.7 Å². The van der Waals surface area contributed by atoms with Gasteiger partial charge in [0.05, 0.1) is 10.9 Å². The van der Waals surface area contributed by atoms with Crippen molar-refractivity contribution in [2.45, 2.75) is 17.5 Å². The standard InChI is InChI=1S/C23H19FN2O2S/c24-20-10-7-18(8-11-20)23-22-6-3-13-25(22)14-15-26(23)29(27,28)21-12-9-17-4-1-2-5-19(17)16-21/h1-13,16,23H,14-15H2/t23-/m1/s1. The van der Waals surface area contributed by atoms with Crippen LogP contribution in [0, 0.1) is 5.82 Å². The predicted molar refractivity (Wildman–Crippen MR) is 111 cm³/mol. The minimum atomic E-state index is -3.76. The van der Waals surface area contributed by atoms with Crippen LogP contribution in [-0.4, -0.2) is 23.8 Å². The highest BCUT2D eigenvalue weighted by Crippen LogP contribution is 2.37. The van der Waals surface area contributed by atoms with E-state index in [1.807, 2.05) is 48.7 Å². The van der Waals surface area contributed by atoms with Gasteiger partial charge in [-0.15, -0.1) is 0 Å². The van der Waals surface area contributed by atoms with E-state index in [2.05, 4.69) is 4.57 Å². The Kier molecular flexibility index (Phi) is 4.26. The van der Waals surface area contributed by atoms with Gasteiger partial charge in [-0.25, -0.2) is 12.8 Å². The molecule has 0 radical (unpaired) electrons. The smallest absolute Gasteiger partial charge is 0.244 e. The predicted octanol–water partition coefficient (Wildman–Crippen LogP) is 4.57. The van der Waals surface area contributed by atoms with Crippen LogP contribution in [0.5, 0.6) is 0 Å². The summed E-state index contributed by atoms with van der Waals surface area (Å²) < 4.78 is 44.4. The Morgan fingerprint density at radius 2 is 1.59 bits per heavy atom. The number of rotatable bonds is 3. The van der Waals surface area contributed by atoms with E-state index < -0.39 is 16.1 Å². The molecule has 5 rings (SSSR count). The summed E-state index contributed by atoms with van der Waals surface area (Å²) in [6.45, 7) is 0.922. The Morgan fingerprint density at radius 3 is 2.38 bits per heavy atom. The van der Waals surface area contributed by atoms with Gasteiger partial charge in [-0.2, -0.15) is 4.31 Å². The fraction of sp³-hybridized carbons (Fsp3) is 0.130. The molecule has 0 aliphatic carbocycles. The third kappa shape index (κ3) is 3.05. The van der Waals surface area contributed by atoms with Crippen LogP contribution in [0.1, 0.15) is 17.3 Å². The zero-order valence-corrected chi connectivity index (χ0v) is 16.4. The topological polar surface area (TPSA) is 42.3 Å². The summed E-state index contributed by atoms with van der Waals surface area (Å²) >= 11 is 0. The van der Waals surface area contributed by atoms with E-state index in [1.54, 1.807) is 24.3 Å². The molecule has 0 saturated heterocycles. The van der Waals surface area contributed by atoms with Gasteiger partial charge in [0, 0.05) is 25.0 Å². The number of sulfonamides is 1. The molecule has 4 aromatic rings. The van der Waals surface area contributed by atoms with Gasteiger partial charge in [-0.3, -0.25) is 0 Å². The highest BCUT2D eigenvalue weighted by molar-refractivity contribution is 7.89. The van der Waals surface area contributed by atoms with Gasteiger partial charge in [0.2, 0.25) is 10.0 Å². The van der Waals surface area contributed by atoms with Gasteiger partial charge >= 0.3 is 0 Å². The fourth-order valence-electron chi connectivity index (χ4n) is 4.07. The molecule has 0 unspecified atom stereocenters. The minimum absolute atomic E-state index is 0.267. The maximum atomic E-state index is 13.7. The summed E-state index contributed by atoms with van der Waals surface area (Å²) in [5.74, 6) is -0.344. The minimum Gasteiger partial charge on any atom is -0.348 e. The van der Waals surface area contributed by atoms with Crippen molar-refractivity contribution in [2.75, 3.05) is 6.54 Å². The van der Waals surface area contributed by atoms with Gasteiger partial charge in [0.25, 0.3) is 0 Å². The zero-order chi connectivity index (χ0) is 20.0. The lowest BCUT2D eigenvalue weighted by Crippen LogP contribution is -2.42. The molecule has 0 bridgehead atoms. The Labute approximate surface area is 168 Å². The van der Waals surface area contributed by atoms with Gasteiger partial charge in [-0.1, -0.05) is 42.5 Å². The third-order valence-corrected chi connectivity index (χ3v) is 7.37. The van der Waals surface area contributed by atoms with Gasteiger partial charge in [-0.05, 0) is 52.7 Å². The van der Waals surface area contributed by atoms with Crippen molar-refractivity contribution in [2.24, 2.45) is 0 Å². The number of hydrogen-bond acceptors (Lipinski definition) is 2. The van der Waals surface area contributed by atoms with Gasteiger partial charge in [0.15, 0.2) is 0 Å². The molecule has 4 nitrogen and oxygen atoms in total. The Bertz CT molecular complexity index is 1300. The number of fused-ring (bicyclic) bond motifs is 2. The molecule has 1 aromatic heterocycles. The maximum absolute atomic E-state index is 13.7. The molecule has 146 valence electrons. The number of benzene rings is 3. The molecular weight excluding hydrogens is 387 g/mol. The molecule has 6 heteroatoms. The largest absolute Gasteiger partial charge is 0.348 e. The van der Waals surface area contributed by atoms with Crippen LogP contribution >= 0.6 is 0 Å². The van der Waals surface area contributed by atoms with Crippen LogP contribution in [-0.2, 0) is 16.6 Å². The summed E-state index contributed by atoms with van der Waals surface area (Å²) in [5, 5.41) is 1.88. The van der Waals surface area contributed by atoms with Crippen molar-refractivity contribution >= 4 is 20.8 Å². The van der Waals surface area contributed by atoms with E-state index in [1.165, 1.54) is 16.4 Å². The van der Waals surface area contributed by atoms with Crippen LogP contribution in [0.25, 0.3) is 10.8 Å². The SMILES string of the molecule is O=S(=O)(c1ccc2ccccc2c1)N1CCn2cccc2[C@H]1c1ccc(F)cc1. The highest BCUT2D eigenvalue weighted by Gasteiger charge is 2.37. The first kappa shape index (κ1) is 18.1. The highest BCUT2D eigenvalue weighted by atomic mass is 32.2. The average Bonchev–Trinajstić information content (AvgIpc) is 3.22. The second-order valence-electron chi connectivity index (χ2n) is 7.21. The number of aromatic nitrogens is 1. The first-order chi connectivity index (χ1) is 14.0. The average molecular weight is 406 g/mol. The van der Waals surface area contributed by atoms with Crippen molar-refractivity contribution in [1.82, 2.24) is 8.87 Å². The van der Waals surface area contributed by atoms with E-state index >= 15 is 0 Å². The summed E-state index contributed by atoms with van der Waals surface area (Å²) in [6.07, 6.45) is 1.95. The van der Waals surface area contributed by atoms with Crippen molar-refractivity contribution in [1.29, 1.82) is 0 Å². The molecule has 29 heavy (non-hydrogen) atoms. The lowest BCUT2D eigenvalue weighted by atomic mass is 10.0. The van der Waals surface area contributed by atoms with Gasteiger partial charge in [0.1, 0.15) is 5.82 Å². The first-order valence-corrected chi connectivity index (χ1v) is 10.9. The number of halogens is 1. The zero-order valence-electron chi connectivity index (χ0n) is 15.6. The summed E-state index contributed by atoms with van der Waals surface area (Å²) in [7, 11) is -3.76. The van der Waals surface area contributed by atoms with Crippen LogP contribution in [0.15, 0.2) is 90.0 Å². The second kappa shape index (κ2) is 6.83. The van der Waals surface area contributed by atoms with Crippen molar-refractivity contribution in [3.05, 3.63) is 102 Å². The Morgan fingerprint density at radius 1 is 0.828 bits per heavy atom. The number of nitrogens with zero attached hydrogens (tertiary/aromatic N) is 2. The lowest BCUT2D eigenvalue weighted by molar-refractivity contribution is 0.298. The van der Waals surface area contributed by atoms with Crippen molar-refractivity contribution in [3.63, 3.8) is 0 Å². The molecule has 0 spiro atoms. The molecule has 0 amide bonds. The summed E-state index contributed by atoms with van der Waals surface area (Å²) in [6, 6.07) is 22.3. The fourth-order valence-corrected chi connectivity index (χ4v) is 5.68. The lowest BCUT2D eigenvalue weighted by Gasteiger charge is -2.36. The monoisotopic (exact) mass is 406 g/mol. The molecule has 0 fully saturated rings. The van der Waals surface area contributed by atoms with Crippen molar-refractivity contribution < 1.29 is 12.8 Å². The molecular formula is C23H19FN2O2S. The van der Waals surface area contributed by atoms with E-state index in [9.17, 15) is 12.8 Å². The van der Waals surface area contributed by atoms with Crippen LogP contribution in [0.2, 0.25) is 0 Å². The van der Waals surface area contributed by atoms with E-state index in [4.69, 9.17) is 0 Å². The third-order valence-electron chi connectivity index (χ3n) is 5.51. The van der Waals surface area contributed by atoms with E-state index in [0.717, 1.165) is 22.0 Å². The molecule has 1 atom stereocenters. The Balaban J connectivity index is 1.64. The normalized spacial score (nSPS) is 17.3. The summed E-state index contributed by atoms with van der Waals surface area (Å²) in [5.41, 5.74) is 1.63. The van der Waals surface area contributed by atoms with Crippen molar-refractivity contribution in [3.8, 4) is 0 Å². The number of hydrogen-bond donors (Lipinski definition) is 0. The molecule has 0 saturated carbocycles. The summed E-state index contributed by atoms with van der Waals surface area (Å²) in [4.78, 5) is 0.267. The molecule has 0 N–H and O–H groups in total. The van der Waals surface area contributed by atoms with Crippen LogP contribution < -0.4 is 0 Å². The Hall–Kier alpha value is -2.96. The molecule has 3 aromatic carbocycles. The molecule has 1 aliphatic rings. The van der Waals surface area contributed by atoms with Crippen LogP contribution in [0.4, 0.5) is 4.39 Å². The molecule has 2 heterocycles. The maximum Gasteiger partial charge on any atom is 0.244 e. The van der Waals surface area contributed by atoms with E-state index in [0.29, 0.717) is 13.1 Å². The molecule has 1 aliphatic heterocycles. The van der Waals surface area contributed by atoms with Gasteiger partial charge < -0.3 is 4.57 Å². The second-order valence-corrected chi connectivity index (χ2v) is 9.10. The van der Waals surface area contributed by atoms with Crippen LogP contribution in [0.3, 0.4) is 0 Å².